The minimum absolute atomic E-state index is 0.151. The van der Waals surface area contributed by atoms with Crippen LogP contribution < -0.4 is 0 Å². The van der Waals surface area contributed by atoms with Crippen molar-refractivity contribution in [3.63, 3.8) is 0 Å². The first-order valence-electron chi connectivity index (χ1n) is 9.14. The highest BCUT2D eigenvalue weighted by Gasteiger charge is 2.14. The Balaban J connectivity index is 1.67. The molecule has 4 rings (SSSR count). The van der Waals surface area contributed by atoms with Crippen LogP contribution in [0, 0.1) is 12.7 Å². The molecule has 0 unspecified atom stereocenters. The first-order chi connectivity index (χ1) is 14.1. The van der Waals surface area contributed by atoms with E-state index < -0.39 is 0 Å². The van der Waals surface area contributed by atoms with Gasteiger partial charge in [-0.05, 0) is 53.4 Å². The molecule has 0 atom stereocenters. The van der Waals surface area contributed by atoms with Crippen LogP contribution in [0.15, 0.2) is 65.2 Å². The summed E-state index contributed by atoms with van der Waals surface area (Å²) in [7, 11) is 0. The fraction of sp³-hybridized carbons (Fsp3) is 0.130. The molecule has 0 radical (unpaired) electrons. The van der Waals surface area contributed by atoms with Crippen LogP contribution in [0.25, 0.3) is 34.0 Å². The van der Waals surface area contributed by atoms with Gasteiger partial charge in [0.05, 0.1) is 13.2 Å². The number of rotatable bonds is 5. The highest BCUT2D eigenvalue weighted by molar-refractivity contribution is 5.72. The average molecular weight is 390 g/mol. The average Bonchev–Trinajstić information content (AvgIpc) is 3.24. The zero-order valence-electron chi connectivity index (χ0n) is 15.8. The van der Waals surface area contributed by atoms with Gasteiger partial charge >= 0.3 is 0 Å². The van der Waals surface area contributed by atoms with Gasteiger partial charge in [-0.3, -0.25) is 0 Å². The molecule has 2 N–H and O–H groups in total. The lowest BCUT2D eigenvalue weighted by Crippen LogP contribution is -1.95. The van der Waals surface area contributed by atoms with Crippen LogP contribution in [0.1, 0.15) is 16.7 Å². The Bertz CT molecular complexity index is 1170. The monoisotopic (exact) mass is 390 g/mol. The van der Waals surface area contributed by atoms with Crippen LogP contribution in [-0.4, -0.2) is 20.4 Å². The molecule has 0 aliphatic carbocycles. The maximum absolute atomic E-state index is 14.1. The Hall–Kier alpha value is -3.35. The van der Waals surface area contributed by atoms with Crippen molar-refractivity contribution in [3.8, 4) is 34.0 Å². The van der Waals surface area contributed by atoms with Gasteiger partial charge < -0.3 is 14.7 Å². The normalized spacial score (nSPS) is 11.0. The van der Waals surface area contributed by atoms with Crippen LogP contribution in [0.4, 0.5) is 4.39 Å². The van der Waals surface area contributed by atoms with Gasteiger partial charge in [0.15, 0.2) is 0 Å². The molecule has 0 bridgehead atoms. The molecular formula is C23H19FN2O3. The predicted octanol–water partition coefficient (Wildman–Crippen LogP) is 4.50. The van der Waals surface area contributed by atoms with Gasteiger partial charge in [-0.1, -0.05) is 41.6 Å². The summed E-state index contributed by atoms with van der Waals surface area (Å²) >= 11 is 0. The van der Waals surface area contributed by atoms with Gasteiger partial charge in [-0.2, -0.15) is 4.98 Å². The van der Waals surface area contributed by atoms with E-state index in [-0.39, 0.29) is 19.0 Å². The van der Waals surface area contributed by atoms with Gasteiger partial charge in [-0.25, -0.2) is 4.39 Å². The number of aryl methyl sites for hydroxylation is 1. The molecule has 0 fully saturated rings. The third-order valence-corrected chi connectivity index (χ3v) is 4.87. The van der Waals surface area contributed by atoms with Crippen LogP contribution >= 0.6 is 0 Å². The van der Waals surface area contributed by atoms with Crippen molar-refractivity contribution in [1.29, 1.82) is 0 Å². The first kappa shape index (κ1) is 19.0. The van der Waals surface area contributed by atoms with E-state index in [1.807, 2.05) is 25.1 Å². The molecule has 1 heterocycles. The van der Waals surface area contributed by atoms with Crippen molar-refractivity contribution in [2.24, 2.45) is 0 Å². The Kier molecular flexibility index (Phi) is 5.20. The Morgan fingerprint density at radius 1 is 0.862 bits per heavy atom. The topological polar surface area (TPSA) is 79.4 Å². The van der Waals surface area contributed by atoms with E-state index in [0.29, 0.717) is 34.0 Å². The lowest BCUT2D eigenvalue weighted by molar-refractivity contribution is 0.260. The predicted molar refractivity (Wildman–Crippen MR) is 107 cm³/mol. The largest absolute Gasteiger partial charge is 0.392 e. The summed E-state index contributed by atoms with van der Waals surface area (Å²) in [6, 6.07) is 17.4. The van der Waals surface area contributed by atoms with E-state index in [0.717, 1.165) is 16.7 Å². The zero-order valence-corrected chi connectivity index (χ0v) is 15.8. The van der Waals surface area contributed by atoms with Gasteiger partial charge in [0.25, 0.3) is 5.89 Å². The highest BCUT2D eigenvalue weighted by atomic mass is 19.1. The van der Waals surface area contributed by atoms with E-state index in [1.54, 1.807) is 36.4 Å². The van der Waals surface area contributed by atoms with Gasteiger partial charge in [-0.15, -0.1) is 0 Å². The number of aromatic nitrogens is 2. The van der Waals surface area contributed by atoms with Gasteiger partial charge in [0.1, 0.15) is 5.82 Å². The fourth-order valence-electron chi connectivity index (χ4n) is 3.30. The molecule has 0 saturated carbocycles. The minimum Gasteiger partial charge on any atom is -0.392 e. The summed E-state index contributed by atoms with van der Waals surface area (Å²) in [4.78, 5) is 4.45. The van der Waals surface area contributed by atoms with Crippen LogP contribution in [0.3, 0.4) is 0 Å². The minimum atomic E-state index is -0.269. The molecule has 0 aliphatic heterocycles. The molecular weight excluding hydrogens is 371 g/mol. The fourth-order valence-corrected chi connectivity index (χ4v) is 3.30. The second kappa shape index (κ2) is 7.95. The maximum Gasteiger partial charge on any atom is 0.258 e. The number of halogens is 1. The van der Waals surface area contributed by atoms with Gasteiger partial charge in [0, 0.05) is 16.7 Å². The number of benzene rings is 3. The molecule has 3 aromatic carbocycles. The molecule has 5 nitrogen and oxygen atoms in total. The molecule has 0 spiro atoms. The SMILES string of the molecule is Cc1cc(-c2nc(-c3ccc(CO)c(CO)c3)no2)ccc1-c1ccccc1F. The Morgan fingerprint density at radius 3 is 2.34 bits per heavy atom. The zero-order chi connectivity index (χ0) is 20.4. The molecule has 0 saturated heterocycles. The standard InChI is InChI=1S/C23H19FN2O3/c1-14-10-16(8-9-19(14)20-4-2-3-5-21(20)24)23-25-22(26-29-23)15-6-7-17(12-27)18(11-15)13-28/h2-11,27-28H,12-13H2,1H3. The smallest absolute Gasteiger partial charge is 0.258 e. The van der Waals surface area contributed by atoms with Crippen molar-refractivity contribution >= 4 is 0 Å². The number of hydrogen-bond acceptors (Lipinski definition) is 5. The maximum atomic E-state index is 14.1. The summed E-state index contributed by atoms with van der Waals surface area (Å²) in [6.45, 7) is 1.57. The highest BCUT2D eigenvalue weighted by Crippen LogP contribution is 2.30. The van der Waals surface area contributed by atoms with E-state index in [2.05, 4.69) is 10.1 Å². The van der Waals surface area contributed by atoms with E-state index >= 15 is 0 Å². The lowest BCUT2D eigenvalue weighted by atomic mass is 9.98. The number of aliphatic hydroxyl groups is 2. The summed E-state index contributed by atoms with van der Waals surface area (Å²) < 4.78 is 19.5. The second-order valence-electron chi connectivity index (χ2n) is 6.73. The van der Waals surface area contributed by atoms with Crippen molar-refractivity contribution in [1.82, 2.24) is 10.1 Å². The van der Waals surface area contributed by atoms with Crippen LogP contribution in [-0.2, 0) is 13.2 Å². The first-order valence-corrected chi connectivity index (χ1v) is 9.14. The van der Waals surface area contributed by atoms with E-state index in [9.17, 15) is 14.6 Å². The molecule has 0 aliphatic rings. The van der Waals surface area contributed by atoms with Gasteiger partial charge in [0.2, 0.25) is 5.82 Å². The quantitative estimate of drug-likeness (QED) is 0.524. The third-order valence-electron chi connectivity index (χ3n) is 4.87. The number of hydrogen-bond donors (Lipinski definition) is 2. The van der Waals surface area contributed by atoms with Crippen molar-refractivity contribution in [2.45, 2.75) is 20.1 Å². The summed E-state index contributed by atoms with van der Waals surface area (Å²) in [5.74, 6) is 0.462. The van der Waals surface area contributed by atoms with Crippen LogP contribution in [0.5, 0.6) is 0 Å². The van der Waals surface area contributed by atoms with E-state index in [4.69, 9.17) is 4.52 Å². The molecule has 1 aromatic heterocycles. The molecule has 6 heteroatoms. The van der Waals surface area contributed by atoms with Crippen molar-refractivity contribution in [3.05, 3.63) is 83.2 Å². The second-order valence-corrected chi connectivity index (χ2v) is 6.73. The lowest BCUT2D eigenvalue weighted by Gasteiger charge is -2.08. The van der Waals surface area contributed by atoms with Crippen molar-refractivity contribution < 1.29 is 19.1 Å². The summed E-state index contributed by atoms with van der Waals surface area (Å²) in [6.07, 6.45) is 0. The van der Waals surface area contributed by atoms with E-state index in [1.165, 1.54) is 6.07 Å². The number of aliphatic hydroxyl groups excluding tert-OH is 2. The molecule has 146 valence electrons. The number of nitrogens with zero attached hydrogens (tertiary/aromatic N) is 2. The molecule has 4 aromatic rings. The van der Waals surface area contributed by atoms with Crippen molar-refractivity contribution in [2.75, 3.05) is 0 Å². The van der Waals surface area contributed by atoms with Crippen LogP contribution in [0.2, 0.25) is 0 Å². The Labute approximate surface area is 167 Å². The molecule has 0 amide bonds. The summed E-state index contributed by atoms with van der Waals surface area (Å²) in [5, 5.41) is 22.8. The Morgan fingerprint density at radius 2 is 1.62 bits per heavy atom. The summed E-state index contributed by atoms with van der Waals surface area (Å²) in [5.41, 5.74) is 4.92. The third kappa shape index (κ3) is 3.68. The molecule has 29 heavy (non-hydrogen) atoms.